The van der Waals surface area contributed by atoms with Crippen molar-refractivity contribution in [2.45, 2.75) is 52.3 Å². The number of piperidine rings is 1. The second-order valence-corrected chi connectivity index (χ2v) is 9.21. The van der Waals surface area contributed by atoms with Gasteiger partial charge >= 0.3 is 6.09 Å². The molecule has 1 saturated heterocycles. The standard InChI is InChI=1S/C23H39N5O2.HI/c1-23(2,3)30-22(29)28(6)17-20-9-7-18(8-10-20)15-25-21(24-4)26-16-19-11-13-27(5)14-12-19;/h7-10,19H,11-17H2,1-6H3,(H2,24,25,26);1H. The Morgan fingerprint density at radius 1 is 1.16 bits per heavy atom. The molecule has 8 heteroatoms. The zero-order valence-corrected chi connectivity index (χ0v) is 22.2. The number of halogens is 1. The first-order valence-electron chi connectivity index (χ1n) is 10.8. The molecule has 31 heavy (non-hydrogen) atoms. The number of nitrogens with zero attached hydrogens (tertiary/aromatic N) is 3. The lowest BCUT2D eigenvalue weighted by atomic mass is 9.97. The average molecular weight is 546 g/mol. The van der Waals surface area contributed by atoms with Gasteiger partial charge in [-0.2, -0.15) is 0 Å². The largest absolute Gasteiger partial charge is 0.444 e. The first-order valence-corrected chi connectivity index (χ1v) is 10.8. The maximum Gasteiger partial charge on any atom is 0.410 e. The third-order valence-corrected chi connectivity index (χ3v) is 5.23. The average Bonchev–Trinajstić information content (AvgIpc) is 2.69. The first kappa shape index (κ1) is 27.5. The predicted molar refractivity (Wildman–Crippen MR) is 138 cm³/mol. The van der Waals surface area contributed by atoms with Crippen molar-refractivity contribution in [3.8, 4) is 0 Å². The number of guanidine groups is 1. The quantitative estimate of drug-likeness (QED) is 0.325. The molecular formula is C23H40IN5O2. The second-order valence-electron chi connectivity index (χ2n) is 9.21. The van der Waals surface area contributed by atoms with Crippen molar-refractivity contribution in [2.24, 2.45) is 10.9 Å². The molecule has 0 saturated carbocycles. The molecule has 0 aliphatic carbocycles. The van der Waals surface area contributed by atoms with Crippen LogP contribution in [0.25, 0.3) is 0 Å². The molecule has 2 N–H and O–H groups in total. The zero-order valence-electron chi connectivity index (χ0n) is 19.9. The smallest absolute Gasteiger partial charge is 0.410 e. The Labute approximate surface area is 205 Å². The summed E-state index contributed by atoms with van der Waals surface area (Å²) in [5, 5.41) is 6.84. The van der Waals surface area contributed by atoms with Crippen molar-refractivity contribution in [1.82, 2.24) is 20.4 Å². The van der Waals surface area contributed by atoms with Gasteiger partial charge in [-0.1, -0.05) is 24.3 Å². The van der Waals surface area contributed by atoms with Crippen LogP contribution in [-0.4, -0.2) is 68.2 Å². The number of rotatable bonds is 6. The molecule has 0 aromatic heterocycles. The molecule has 0 bridgehead atoms. The summed E-state index contributed by atoms with van der Waals surface area (Å²) in [4.78, 5) is 20.4. The molecule has 1 aromatic rings. The van der Waals surface area contributed by atoms with E-state index in [0.29, 0.717) is 19.0 Å². The number of carbonyl (C=O) groups is 1. The fraction of sp³-hybridized carbons (Fsp3) is 0.652. The number of amides is 1. The number of likely N-dealkylation sites (tertiary alicyclic amines) is 1. The number of nitrogens with one attached hydrogen (secondary N) is 2. The molecule has 176 valence electrons. The van der Waals surface area contributed by atoms with Gasteiger partial charge in [0.2, 0.25) is 0 Å². The molecule has 1 aliphatic rings. The highest BCUT2D eigenvalue weighted by Crippen LogP contribution is 2.15. The van der Waals surface area contributed by atoms with E-state index in [0.717, 1.165) is 18.1 Å². The molecule has 1 fully saturated rings. The molecule has 1 aromatic carbocycles. The van der Waals surface area contributed by atoms with Gasteiger partial charge in [0.15, 0.2) is 5.96 Å². The molecule has 0 spiro atoms. The molecule has 1 aliphatic heterocycles. The SMILES string of the molecule is CN=C(NCc1ccc(CN(C)C(=O)OC(C)(C)C)cc1)NCC1CCN(C)CC1.I. The molecule has 7 nitrogen and oxygen atoms in total. The Bertz CT molecular complexity index is 695. The summed E-state index contributed by atoms with van der Waals surface area (Å²) in [6, 6.07) is 8.25. The summed E-state index contributed by atoms with van der Waals surface area (Å²) < 4.78 is 5.40. The minimum atomic E-state index is -0.485. The number of benzene rings is 1. The van der Waals surface area contributed by atoms with Crippen molar-refractivity contribution >= 4 is 36.0 Å². The molecule has 1 amide bonds. The van der Waals surface area contributed by atoms with Gasteiger partial charge in [0.05, 0.1) is 0 Å². The summed E-state index contributed by atoms with van der Waals surface area (Å²) in [5.41, 5.74) is 1.75. The van der Waals surface area contributed by atoms with Crippen LogP contribution in [0.5, 0.6) is 0 Å². The normalized spacial score (nSPS) is 15.7. The van der Waals surface area contributed by atoms with E-state index in [4.69, 9.17) is 4.74 Å². The van der Waals surface area contributed by atoms with Gasteiger partial charge in [0.25, 0.3) is 0 Å². The molecular weight excluding hydrogens is 505 g/mol. The van der Waals surface area contributed by atoms with E-state index >= 15 is 0 Å². The Morgan fingerprint density at radius 2 is 1.74 bits per heavy atom. The minimum Gasteiger partial charge on any atom is -0.444 e. The maximum atomic E-state index is 12.1. The van der Waals surface area contributed by atoms with E-state index in [1.807, 2.05) is 32.9 Å². The monoisotopic (exact) mass is 545 g/mol. The molecule has 0 radical (unpaired) electrons. The predicted octanol–water partition coefficient (Wildman–Crippen LogP) is 3.68. The van der Waals surface area contributed by atoms with Gasteiger partial charge in [-0.25, -0.2) is 4.79 Å². The van der Waals surface area contributed by atoms with Crippen molar-refractivity contribution in [3.63, 3.8) is 0 Å². The lowest BCUT2D eigenvalue weighted by Crippen LogP contribution is -2.42. The van der Waals surface area contributed by atoms with Crippen LogP contribution in [0.3, 0.4) is 0 Å². The number of aliphatic imine (C=N–C) groups is 1. The highest BCUT2D eigenvalue weighted by molar-refractivity contribution is 14.0. The van der Waals surface area contributed by atoms with E-state index < -0.39 is 5.60 Å². The van der Waals surface area contributed by atoms with E-state index in [2.05, 4.69) is 39.7 Å². The minimum absolute atomic E-state index is 0. The molecule has 0 unspecified atom stereocenters. The highest BCUT2D eigenvalue weighted by atomic mass is 127. The second kappa shape index (κ2) is 13.1. The van der Waals surface area contributed by atoms with Crippen LogP contribution in [-0.2, 0) is 17.8 Å². The van der Waals surface area contributed by atoms with Crippen LogP contribution >= 0.6 is 24.0 Å². The van der Waals surface area contributed by atoms with Crippen LogP contribution in [0.1, 0.15) is 44.7 Å². The van der Waals surface area contributed by atoms with Gasteiger partial charge in [-0.3, -0.25) is 4.99 Å². The fourth-order valence-electron chi connectivity index (χ4n) is 3.35. The van der Waals surface area contributed by atoms with Gasteiger partial charge in [-0.15, -0.1) is 24.0 Å². The summed E-state index contributed by atoms with van der Waals surface area (Å²) in [6.07, 6.45) is 2.16. The van der Waals surface area contributed by atoms with Crippen molar-refractivity contribution in [3.05, 3.63) is 35.4 Å². The summed E-state index contributed by atoms with van der Waals surface area (Å²) in [7, 11) is 5.74. The van der Waals surface area contributed by atoms with Gasteiger partial charge < -0.3 is 25.2 Å². The molecule has 0 atom stereocenters. The Morgan fingerprint density at radius 3 is 2.29 bits per heavy atom. The summed E-state index contributed by atoms with van der Waals surface area (Å²) in [6.45, 7) is 10.1. The third kappa shape index (κ3) is 10.5. The molecule has 2 rings (SSSR count). The zero-order chi connectivity index (χ0) is 22.1. The number of ether oxygens (including phenoxy) is 1. The van der Waals surface area contributed by atoms with E-state index in [1.165, 1.54) is 31.5 Å². The third-order valence-electron chi connectivity index (χ3n) is 5.23. The van der Waals surface area contributed by atoms with Crippen molar-refractivity contribution in [1.29, 1.82) is 0 Å². The number of carbonyl (C=O) groups excluding carboxylic acids is 1. The van der Waals surface area contributed by atoms with Crippen LogP contribution in [0.15, 0.2) is 29.3 Å². The lowest BCUT2D eigenvalue weighted by molar-refractivity contribution is 0.0285. The lowest BCUT2D eigenvalue weighted by Gasteiger charge is -2.29. The van der Waals surface area contributed by atoms with Crippen LogP contribution < -0.4 is 10.6 Å². The van der Waals surface area contributed by atoms with Crippen molar-refractivity contribution < 1.29 is 9.53 Å². The van der Waals surface area contributed by atoms with Crippen LogP contribution in [0.2, 0.25) is 0 Å². The Balaban J connectivity index is 0.00000480. The van der Waals surface area contributed by atoms with E-state index in [1.54, 1.807) is 19.0 Å². The molecule has 1 heterocycles. The maximum absolute atomic E-state index is 12.1. The Hall–Kier alpha value is -1.55. The number of hydrogen-bond donors (Lipinski definition) is 2. The van der Waals surface area contributed by atoms with Crippen molar-refractivity contribution in [2.75, 3.05) is 40.8 Å². The first-order chi connectivity index (χ1) is 14.2. The summed E-state index contributed by atoms with van der Waals surface area (Å²) in [5.74, 6) is 1.55. The Kier molecular flexibility index (Phi) is 11.6. The van der Waals surface area contributed by atoms with Gasteiger partial charge in [0, 0.05) is 33.7 Å². The topological polar surface area (TPSA) is 69.2 Å². The summed E-state index contributed by atoms with van der Waals surface area (Å²) >= 11 is 0. The van der Waals surface area contributed by atoms with Gasteiger partial charge in [-0.05, 0) is 70.8 Å². The van der Waals surface area contributed by atoms with Crippen LogP contribution in [0.4, 0.5) is 4.79 Å². The van der Waals surface area contributed by atoms with Crippen LogP contribution in [0, 0.1) is 5.92 Å². The van der Waals surface area contributed by atoms with Gasteiger partial charge in [0.1, 0.15) is 5.60 Å². The fourth-order valence-corrected chi connectivity index (χ4v) is 3.35. The number of hydrogen-bond acceptors (Lipinski definition) is 4. The highest BCUT2D eigenvalue weighted by Gasteiger charge is 2.19. The van der Waals surface area contributed by atoms with E-state index in [9.17, 15) is 4.79 Å². The van der Waals surface area contributed by atoms with E-state index in [-0.39, 0.29) is 30.1 Å².